The molecule has 0 aromatic heterocycles. The number of aliphatic hydroxyl groups is 1. The molecular weight excluding hydrogens is 186 g/mol. The number of nitrogens with zero attached hydrogens (tertiary/aromatic N) is 1. The second-order valence-electron chi connectivity index (χ2n) is 4.08. The molecule has 0 aliphatic heterocycles. The van der Waals surface area contributed by atoms with Gasteiger partial charge in [-0.2, -0.15) is 0 Å². The van der Waals surface area contributed by atoms with Crippen LogP contribution in [0.3, 0.4) is 0 Å². The van der Waals surface area contributed by atoms with Crippen LogP contribution in [0.1, 0.15) is 25.0 Å². The molecular formula is C13H21NO. The molecule has 1 atom stereocenters. The number of likely N-dealkylation sites (N-methyl/N-ethyl adjacent to an activating group) is 1. The Kier molecular flexibility index (Phi) is 4.79. The average molecular weight is 207 g/mol. The van der Waals surface area contributed by atoms with Gasteiger partial charge in [-0.3, -0.25) is 4.90 Å². The molecule has 0 bridgehead atoms. The largest absolute Gasteiger partial charge is 0.395 e. The monoisotopic (exact) mass is 207 g/mol. The van der Waals surface area contributed by atoms with Crippen molar-refractivity contribution in [2.75, 3.05) is 13.2 Å². The highest BCUT2D eigenvalue weighted by atomic mass is 16.3. The van der Waals surface area contributed by atoms with E-state index in [0.29, 0.717) is 0 Å². The standard InChI is InChI=1S/C13H21NO/c1-4-14(12(3)10-15)9-13-7-5-11(2)6-8-13/h5-8,12,15H,4,9-10H2,1-3H3. The van der Waals surface area contributed by atoms with Crippen molar-refractivity contribution in [3.8, 4) is 0 Å². The van der Waals surface area contributed by atoms with Crippen molar-refractivity contribution in [1.29, 1.82) is 0 Å². The van der Waals surface area contributed by atoms with Gasteiger partial charge in [0.2, 0.25) is 0 Å². The molecule has 1 rings (SSSR count). The lowest BCUT2D eigenvalue weighted by molar-refractivity contribution is 0.133. The van der Waals surface area contributed by atoms with Crippen molar-refractivity contribution in [3.05, 3.63) is 35.4 Å². The highest BCUT2D eigenvalue weighted by molar-refractivity contribution is 5.21. The zero-order chi connectivity index (χ0) is 11.3. The maximum Gasteiger partial charge on any atom is 0.0584 e. The lowest BCUT2D eigenvalue weighted by Crippen LogP contribution is -2.34. The Labute approximate surface area is 92.5 Å². The molecule has 15 heavy (non-hydrogen) atoms. The molecule has 0 spiro atoms. The topological polar surface area (TPSA) is 23.5 Å². The van der Waals surface area contributed by atoms with Gasteiger partial charge >= 0.3 is 0 Å². The zero-order valence-corrected chi connectivity index (χ0v) is 9.90. The Morgan fingerprint density at radius 1 is 1.27 bits per heavy atom. The van der Waals surface area contributed by atoms with Gasteiger partial charge in [-0.1, -0.05) is 36.8 Å². The third-order valence-corrected chi connectivity index (χ3v) is 2.80. The van der Waals surface area contributed by atoms with E-state index in [1.165, 1.54) is 11.1 Å². The quantitative estimate of drug-likeness (QED) is 0.800. The maximum absolute atomic E-state index is 9.12. The number of hydrogen-bond acceptors (Lipinski definition) is 2. The van der Waals surface area contributed by atoms with Gasteiger partial charge in [-0.15, -0.1) is 0 Å². The van der Waals surface area contributed by atoms with Crippen molar-refractivity contribution in [3.63, 3.8) is 0 Å². The molecule has 0 aliphatic rings. The van der Waals surface area contributed by atoms with Crippen molar-refractivity contribution in [2.45, 2.75) is 33.4 Å². The van der Waals surface area contributed by atoms with Gasteiger partial charge < -0.3 is 5.11 Å². The van der Waals surface area contributed by atoms with Gasteiger partial charge in [0.15, 0.2) is 0 Å². The summed E-state index contributed by atoms with van der Waals surface area (Å²) in [7, 11) is 0. The van der Waals surface area contributed by atoms with E-state index in [1.54, 1.807) is 0 Å². The molecule has 0 radical (unpaired) electrons. The zero-order valence-electron chi connectivity index (χ0n) is 9.90. The van der Waals surface area contributed by atoms with Gasteiger partial charge in [-0.05, 0) is 26.0 Å². The fraction of sp³-hybridized carbons (Fsp3) is 0.538. The van der Waals surface area contributed by atoms with Crippen LogP contribution >= 0.6 is 0 Å². The lowest BCUT2D eigenvalue weighted by Gasteiger charge is -2.26. The number of benzene rings is 1. The van der Waals surface area contributed by atoms with Crippen LogP contribution in [0.25, 0.3) is 0 Å². The Bertz CT molecular complexity index is 281. The van der Waals surface area contributed by atoms with E-state index in [1.807, 2.05) is 0 Å². The van der Waals surface area contributed by atoms with Crippen molar-refractivity contribution >= 4 is 0 Å². The molecule has 0 aliphatic carbocycles. The van der Waals surface area contributed by atoms with Crippen LogP contribution in [-0.2, 0) is 6.54 Å². The second kappa shape index (κ2) is 5.89. The SMILES string of the molecule is CCN(Cc1ccc(C)cc1)C(C)CO. The lowest BCUT2D eigenvalue weighted by atomic mass is 10.1. The summed E-state index contributed by atoms with van der Waals surface area (Å²) >= 11 is 0. The van der Waals surface area contributed by atoms with Crippen LogP contribution in [0.4, 0.5) is 0 Å². The van der Waals surface area contributed by atoms with E-state index in [4.69, 9.17) is 5.11 Å². The molecule has 0 heterocycles. The molecule has 2 nitrogen and oxygen atoms in total. The fourth-order valence-corrected chi connectivity index (χ4v) is 1.62. The summed E-state index contributed by atoms with van der Waals surface area (Å²) in [5.74, 6) is 0. The van der Waals surface area contributed by atoms with Crippen LogP contribution < -0.4 is 0 Å². The van der Waals surface area contributed by atoms with Crippen molar-refractivity contribution in [1.82, 2.24) is 4.90 Å². The second-order valence-corrected chi connectivity index (χ2v) is 4.08. The summed E-state index contributed by atoms with van der Waals surface area (Å²) in [5, 5.41) is 9.12. The normalized spacial score (nSPS) is 13.1. The Morgan fingerprint density at radius 3 is 2.33 bits per heavy atom. The predicted molar refractivity (Wildman–Crippen MR) is 63.8 cm³/mol. The first-order valence-electron chi connectivity index (χ1n) is 5.57. The summed E-state index contributed by atoms with van der Waals surface area (Å²) in [5.41, 5.74) is 2.60. The molecule has 1 N–H and O–H groups in total. The number of aliphatic hydroxyl groups excluding tert-OH is 1. The number of hydrogen-bond donors (Lipinski definition) is 1. The molecule has 1 aromatic carbocycles. The van der Waals surface area contributed by atoms with Crippen molar-refractivity contribution in [2.24, 2.45) is 0 Å². The summed E-state index contributed by atoms with van der Waals surface area (Å²) in [4.78, 5) is 2.27. The van der Waals surface area contributed by atoms with Gasteiger partial charge in [0.1, 0.15) is 0 Å². The predicted octanol–water partition coefficient (Wildman–Crippen LogP) is 2.20. The van der Waals surface area contributed by atoms with E-state index in [9.17, 15) is 0 Å². The van der Waals surface area contributed by atoms with E-state index in [-0.39, 0.29) is 12.6 Å². The Balaban J connectivity index is 2.62. The first-order valence-corrected chi connectivity index (χ1v) is 5.57. The van der Waals surface area contributed by atoms with E-state index >= 15 is 0 Å². The first-order chi connectivity index (χ1) is 7.17. The minimum absolute atomic E-state index is 0.222. The Morgan fingerprint density at radius 2 is 1.87 bits per heavy atom. The Hall–Kier alpha value is -0.860. The molecule has 0 fully saturated rings. The minimum Gasteiger partial charge on any atom is -0.395 e. The summed E-state index contributed by atoms with van der Waals surface area (Å²) < 4.78 is 0. The fourth-order valence-electron chi connectivity index (χ4n) is 1.62. The molecule has 1 unspecified atom stereocenters. The van der Waals surface area contributed by atoms with Crippen LogP contribution in [-0.4, -0.2) is 29.2 Å². The van der Waals surface area contributed by atoms with Crippen LogP contribution in [0, 0.1) is 6.92 Å². The highest BCUT2D eigenvalue weighted by Crippen LogP contribution is 2.09. The third-order valence-electron chi connectivity index (χ3n) is 2.80. The average Bonchev–Trinajstić information content (AvgIpc) is 2.27. The van der Waals surface area contributed by atoms with Gasteiger partial charge in [-0.25, -0.2) is 0 Å². The highest BCUT2D eigenvalue weighted by Gasteiger charge is 2.10. The van der Waals surface area contributed by atoms with Crippen LogP contribution in [0.15, 0.2) is 24.3 Å². The van der Waals surface area contributed by atoms with E-state index < -0.39 is 0 Å². The smallest absolute Gasteiger partial charge is 0.0584 e. The minimum atomic E-state index is 0.222. The third kappa shape index (κ3) is 3.65. The summed E-state index contributed by atoms with van der Waals surface area (Å²) in [6.07, 6.45) is 0. The van der Waals surface area contributed by atoms with Crippen LogP contribution in [0.5, 0.6) is 0 Å². The number of aryl methyl sites for hydroxylation is 1. The molecule has 84 valence electrons. The van der Waals surface area contributed by atoms with Gasteiger partial charge in [0, 0.05) is 12.6 Å². The first kappa shape index (κ1) is 12.2. The van der Waals surface area contributed by atoms with Crippen molar-refractivity contribution < 1.29 is 5.11 Å². The molecule has 0 amide bonds. The van der Waals surface area contributed by atoms with Crippen LogP contribution in [0.2, 0.25) is 0 Å². The molecule has 0 saturated carbocycles. The van der Waals surface area contributed by atoms with Gasteiger partial charge in [0.25, 0.3) is 0 Å². The molecule has 0 saturated heterocycles. The summed E-state index contributed by atoms with van der Waals surface area (Å²) in [6.45, 7) is 8.38. The molecule has 2 heteroatoms. The number of rotatable bonds is 5. The van der Waals surface area contributed by atoms with E-state index in [2.05, 4.69) is 49.9 Å². The molecule has 1 aromatic rings. The summed E-state index contributed by atoms with van der Waals surface area (Å²) in [6, 6.07) is 8.81. The van der Waals surface area contributed by atoms with E-state index in [0.717, 1.165) is 13.1 Å². The van der Waals surface area contributed by atoms with Gasteiger partial charge in [0.05, 0.1) is 6.61 Å². The maximum atomic E-state index is 9.12.